The second kappa shape index (κ2) is 8.41. The molecule has 0 unspecified atom stereocenters. The summed E-state index contributed by atoms with van der Waals surface area (Å²) in [6, 6.07) is 23.2. The van der Waals surface area contributed by atoms with Gasteiger partial charge in [0, 0.05) is 5.56 Å². The number of carbonyl (C=O) groups excluding carboxylic acids is 1. The van der Waals surface area contributed by atoms with Crippen LogP contribution in [0.5, 0.6) is 0 Å². The van der Waals surface area contributed by atoms with Gasteiger partial charge >= 0.3 is 0 Å². The van der Waals surface area contributed by atoms with Crippen molar-refractivity contribution in [2.75, 3.05) is 0 Å². The van der Waals surface area contributed by atoms with E-state index in [0.717, 1.165) is 11.1 Å². The average Bonchev–Trinajstić information content (AvgIpc) is 2.66. The van der Waals surface area contributed by atoms with Gasteiger partial charge in [-0.1, -0.05) is 78.3 Å². The predicted octanol–water partition coefficient (Wildman–Crippen LogP) is 4.76. The molecule has 0 saturated heterocycles. The molecule has 130 valence electrons. The Morgan fingerprint density at radius 1 is 0.923 bits per heavy atom. The molecular weight excluding hydrogens is 351 g/mol. The Balaban J connectivity index is 1.84. The van der Waals surface area contributed by atoms with Crippen molar-refractivity contribution in [3.63, 3.8) is 0 Å². The predicted molar refractivity (Wildman–Crippen MR) is 102 cm³/mol. The molecule has 0 heterocycles. The molecule has 0 atom stereocenters. The van der Waals surface area contributed by atoms with Gasteiger partial charge in [-0.2, -0.15) is 5.10 Å². The Hall–Kier alpha value is -2.98. The highest BCUT2D eigenvalue weighted by Gasteiger charge is 2.22. The van der Waals surface area contributed by atoms with Crippen molar-refractivity contribution in [3.8, 4) is 0 Å². The number of rotatable bonds is 5. The number of amides is 1. The van der Waals surface area contributed by atoms with Gasteiger partial charge < -0.3 is 0 Å². The van der Waals surface area contributed by atoms with Crippen LogP contribution in [0.1, 0.15) is 22.6 Å². The molecule has 0 aliphatic rings. The van der Waals surface area contributed by atoms with Gasteiger partial charge in [0.25, 0.3) is 5.91 Å². The molecule has 0 aliphatic heterocycles. The summed E-state index contributed by atoms with van der Waals surface area (Å²) in [4.78, 5) is 12.8. The molecule has 0 spiro atoms. The highest BCUT2D eigenvalue weighted by atomic mass is 35.5. The minimum atomic E-state index is -0.523. The highest BCUT2D eigenvalue weighted by molar-refractivity contribution is 6.33. The SMILES string of the molecule is O=C(N/N=C\c1c(F)cccc1Cl)C(c1ccccc1)c1ccccc1. The second-order valence-corrected chi connectivity index (χ2v) is 6.03. The molecule has 1 N–H and O–H groups in total. The molecule has 0 aliphatic carbocycles. The first-order chi connectivity index (χ1) is 12.7. The van der Waals surface area contributed by atoms with E-state index in [0.29, 0.717) is 0 Å². The second-order valence-electron chi connectivity index (χ2n) is 5.62. The molecule has 3 aromatic rings. The molecule has 3 nitrogen and oxygen atoms in total. The quantitative estimate of drug-likeness (QED) is 0.513. The Bertz CT molecular complexity index is 854. The molecule has 3 aromatic carbocycles. The molecule has 3 rings (SSSR count). The van der Waals surface area contributed by atoms with E-state index in [-0.39, 0.29) is 16.5 Å². The van der Waals surface area contributed by atoms with Gasteiger partial charge in [-0.05, 0) is 23.3 Å². The fourth-order valence-electron chi connectivity index (χ4n) is 2.65. The van der Waals surface area contributed by atoms with E-state index >= 15 is 0 Å². The molecule has 5 heteroatoms. The fourth-order valence-corrected chi connectivity index (χ4v) is 2.86. The summed E-state index contributed by atoms with van der Waals surface area (Å²) in [6.07, 6.45) is 1.21. The minimum Gasteiger partial charge on any atom is -0.272 e. The third kappa shape index (κ3) is 4.16. The molecule has 1 amide bonds. The maximum Gasteiger partial charge on any atom is 0.252 e. The van der Waals surface area contributed by atoms with Crippen LogP contribution in [0.25, 0.3) is 0 Å². The average molecular weight is 367 g/mol. The van der Waals surface area contributed by atoms with Crippen molar-refractivity contribution in [3.05, 3.63) is 106 Å². The van der Waals surface area contributed by atoms with E-state index < -0.39 is 11.7 Å². The monoisotopic (exact) mass is 366 g/mol. The first kappa shape index (κ1) is 17.8. The van der Waals surface area contributed by atoms with Crippen LogP contribution < -0.4 is 5.43 Å². The largest absolute Gasteiger partial charge is 0.272 e. The summed E-state index contributed by atoms with van der Waals surface area (Å²) in [5, 5.41) is 4.11. The van der Waals surface area contributed by atoms with Crippen LogP contribution >= 0.6 is 11.6 Å². The van der Waals surface area contributed by atoms with Crippen molar-refractivity contribution in [2.24, 2.45) is 5.10 Å². The van der Waals surface area contributed by atoms with E-state index in [1.165, 1.54) is 18.3 Å². The summed E-state index contributed by atoms with van der Waals surface area (Å²) >= 11 is 5.96. The first-order valence-corrected chi connectivity index (χ1v) is 8.41. The van der Waals surface area contributed by atoms with Gasteiger partial charge in [-0.25, -0.2) is 9.82 Å². The van der Waals surface area contributed by atoms with Crippen molar-refractivity contribution >= 4 is 23.7 Å². The van der Waals surface area contributed by atoms with Crippen LogP contribution in [-0.4, -0.2) is 12.1 Å². The van der Waals surface area contributed by atoms with Gasteiger partial charge in [-0.3, -0.25) is 4.79 Å². The van der Waals surface area contributed by atoms with E-state index in [2.05, 4.69) is 10.5 Å². The Kier molecular flexibility index (Phi) is 5.77. The standard InChI is InChI=1S/C21H16ClFN2O/c22-18-12-7-13-19(23)17(18)14-24-25-21(26)20(15-8-3-1-4-9-15)16-10-5-2-6-11-16/h1-14,20H,(H,25,26)/b24-14-. The highest BCUT2D eigenvalue weighted by Crippen LogP contribution is 2.24. The normalized spacial score (nSPS) is 11.0. The molecule has 26 heavy (non-hydrogen) atoms. The smallest absolute Gasteiger partial charge is 0.252 e. The third-order valence-corrected chi connectivity index (χ3v) is 4.23. The molecule has 0 aromatic heterocycles. The van der Waals surface area contributed by atoms with Crippen LogP contribution in [0.4, 0.5) is 4.39 Å². The maximum absolute atomic E-state index is 13.8. The van der Waals surface area contributed by atoms with Crippen molar-refractivity contribution in [2.45, 2.75) is 5.92 Å². The van der Waals surface area contributed by atoms with Crippen LogP contribution in [0.3, 0.4) is 0 Å². The first-order valence-electron chi connectivity index (χ1n) is 8.03. The summed E-state index contributed by atoms with van der Waals surface area (Å²) < 4.78 is 13.8. The van der Waals surface area contributed by atoms with Crippen LogP contribution in [0, 0.1) is 5.82 Å². The molecule has 0 fully saturated rings. The summed E-state index contributed by atoms with van der Waals surface area (Å²) in [7, 11) is 0. The van der Waals surface area contributed by atoms with E-state index in [1.54, 1.807) is 6.07 Å². The van der Waals surface area contributed by atoms with Gasteiger partial charge in [0.05, 0.1) is 17.2 Å². The Labute approximate surface area is 156 Å². The van der Waals surface area contributed by atoms with Crippen molar-refractivity contribution in [1.82, 2.24) is 5.43 Å². The number of nitrogens with zero attached hydrogens (tertiary/aromatic N) is 1. The van der Waals surface area contributed by atoms with E-state index in [4.69, 9.17) is 11.6 Å². The zero-order valence-electron chi connectivity index (χ0n) is 13.8. The van der Waals surface area contributed by atoms with Crippen LogP contribution in [0.2, 0.25) is 5.02 Å². The van der Waals surface area contributed by atoms with Crippen molar-refractivity contribution < 1.29 is 9.18 Å². The summed E-state index contributed by atoms with van der Waals surface area (Å²) in [6.45, 7) is 0. The number of benzene rings is 3. The van der Waals surface area contributed by atoms with Gasteiger partial charge in [0.15, 0.2) is 0 Å². The molecule has 0 saturated carbocycles. The lowest BCUT2D eigenvalue weighted by atomic mass is 9.91. The molecule has 0 bridgehead atoms. The third-order valence-electron chi connectivity index (χ3n) is 3.90. The molecule has 0 radical (unpaired) electrons. The van der Waals surface area contributed by atoms with E-state index in [9.17, 15) is 9.18 Å². The van der Waals surface area contributed by atoms with Gasteiger partial charge in [0.2, 0.25) is 0 Å². The maximum atomic E-state index is 13.8. The number of carbonyl (C=O) groups is 1. The topological polar surface area (TPSA) is 41.5 Å². The number of hydrazone groups is 1. The lowest BCUT2D eigenvalue weighted by molar-refractivity contribution is -0.121. The van der Waals surface area contributed by atoms with Crippen LogP contribution in [0.15, 0.2) is 84.0 Å². The zero-order chi connectivity index (χ0) is 18.4. The Morgan fingerprint density at radius 2 is 1.50 bits per heavy atom. The van der Waals surface area contributed by atoms with E-state index in [1.807, 2.05) is 60.7 Å². The minimum absolute atomic E-state index is 0.130. The number of nitrogens with one attached hydrogen (secondary N) is 1. The zero-order valence-corrected chi connectivity index (χ0v) is 14.5. The molecular formula is C21H16ClFN2O. The van der Waals surface area contributed by atoms with Crippen LogP contribution in [-0.2, 0) is 4.79 Å². The van der Waals surface area contributed by atoms with Crippen molar-refractivity contribution in [1.29, 1.82) is 0 Å². The van der Waals surface area contributed by atoms with Gasteiger partial charge in [-0.15, -0.1) is 0 Å². The lowest BCUT2D eigenvalue weighted by Crippen LogP contribution is -2.26. The number of hydrogen-bond acceptors (Lipinski definition) is 2. The summed E-state index contributed by atoms with van der Waals surface area (Å²) in [5.74, 6) is -1.34. The number of halogens is 2. The Morgan fingerprint density at radius 3 is 2.04 bits per heavy atom. The summed E-state index contributed by atoms with van der Waals surface area (Å²) in [5.41, 5.74) is 4.30. The van der Waals surface area contributed by atoms with Gasteiger partial charge in [0.1, 0.15) is 5.82 Å². The fraction of sp³-hybridized carbons (Fsp3) is 0.0476. The lowest BCUT2D eigenvalue weighted by Gasteiger charge is -2.16. The number of hydrogen-bond donors (Lipinski definition) is 1.